The number of methoxy groups -OCH3 is 1. The van der Waals surface area contributed by atoms with Crippen molar-refractivity contribution < 1.29 is 19.1 Å². The van der Waals surface area contributed by atoms with Gasteiger partial charge in [-0.25, -0.2) is 0 Å². The number of carbonyl (C=O) groups is 2. The molecule has 1 N–H and O–H groups in total. The molecule has 2 aromatic carbocycles. The van der Waals surface area contributed by atoms with E-state index in [9.17, 15) is 9.59 Å². The van der Waals surface area contributed by atoms with Crippen molar-refractivity contribution in [1.29, 1.82) is 0 Å². The van der Waals surface area contributed by atoms with E-state index in [0.717, 1.165) is 5.56 Å². The standard InChI is InChI=1S/C21H24Cl2N2O4/c1-4-17(21(27)24-2)25(12-14-9-10-15(22)16(23)11-14)20(26)13-29-19-8-6-5-7-18(19)28-3/h5-11,17H,4,12-13H2,1-3H3,(H,24,27)/t17-/m1/s1. The number of nitrogens with one attached hydrogen (secondary N) is 1. The van der Waals surface area contributed by atoms with Crippen molar-refractivity contribution >= 4 is 35.0 Å². The number of nitrogens with zero attached hydrogens (tertiary/aromatic N) is 1. The van der Waals surface area contributed by atoms with E-state index >= 15 is 0 Å². The molecule has 2 aromatic rings. The van der Waals surface area contributed by atoms with Crippen LogP contribution in [0.1, 0.15) is 18.9 Å². The molecule has 0 aliphatic carbocycles. The molecule has 0 heterocycles. The van der Waals surface area contributed by atoms with Gasteiger partial charge in [-0.15, -0.1) is 0 Å². The van der Waals surface area contributed by atoms with Crippen LogP contribution in [0.25, 0.3) is 0 Å². The molecule has 6 nitrogen and oxygen atoms in total. The number of hydrogen-bond donors (Lipinski definition) is 1. The predicted molar refractivity (Wildman–Crippen MR) is 114 cm³/mol. The molecule has 0 aliphatic heterocycles. The summed E-state index contributed by atoms with van der Waals surface area (Å²) >= 11 is 12.1. The van der Waals surface area contributed by atoms with Gasteiger partial charge in [-0.3, -0.25) is 9.59 Å². The molecule has 1 atom stereocenters. The van der Waals surface area contributed by atoms with Crippen LogP contribution in [0.15, 0.2) is 42.5 Å². The molecule has 0 saturated carbocycles. The molecule has 0 fully saturated rings. The predicted octanol–water partition coefficient (Wildman–Crippen LogP) is 3.93. The zero-order valence-corrected chi connectivity index (χ0v) is 18.1. The minimum Gasteiger partial charge on any atom is -0.493 e. The summed E-state index contributed by atoms with van der Waals surface area (Å²) in [4.78, 5) is 26.9. The number of rotatable bonds is 9. The van der Waals surface area contributed by atoms with Crippen LogP contribution in [0.2, 0.25) is 10.0 Å². The van der Waals surface area contributed by atoms with Gasteiger partial charge in [-0.2, -0.15) is 0 Å². The summed E-state index contributed by atoms with van der Waals surface area (Å²) in [6.45, 7) is 1.79. The van der Waals surface area contributed by atoms with Crippen LogP contribution >= 0.6 is 23.2 Å². The van der Waals surface area contributed by atoms with E-state index in [1.807, 2.05) is 13.0 Å². The van der Waals surface area contributed by atoms with Gasteiger partial charge in [-0.1, -0.05) is 48.3 Å². The molecule has 0 bridgehead atoms. The average Bonchev–Trinajstić information content (AvgIpc) is 2.74. The normalized spacial score (nSPS) is 11.5. The number of ether oxygens (including phenoxy) is 2. The fourth-order valence-corrected chi connectivity index (χ4v) is 3.20. The number of amides is 2. The molecule has 0 aliphatic rings. The molecular formula is C21H24Cl2N2O4. The van der Waals surface area contributed by atoms with Crippen LogP contribution in [0.5, 0.6) is 11.5 Å². The van der Waals surface area contributed by atoms with Gasteiger partial charge < -0.3 is 19.7 Å². The van der Waals surface area contributed by atoms with Gasteiger partial charge in [0, 0.05) is 13.6 Å². The molecule has 156 valence electrons. The van der Waals surface area contributed by atoms with E-state index in [1.165, 1.54) is 19.1 Å². The number of hydrogen-bond acceptors (Lipinski definition) is 4. The number of benzene rings is 2. The van der Waals surface area contributed by atoms with Gasteiger partial charge in [0.25, 0.3) is 5.91 Å². The zero-order chi connectivity index (χ0) is 21.4. The first-order valence-electron chi connectivity index (χ1n) is 9.12. The Morgan fingerprint density at radius 3 is 2.38 bits per heavy atom. The van der Waals surface area contributed by atoms with Crippen molar-refractivity contribution in [2.24, 2.45) is 0 Å². The summed E-state index contributed by atoms with van der Waals surface area (Å²) in [6, 6.07) is 11.5. The molecule has 8 heteroatoms. The number of halogens is 2. The SMILES string of the molecule is CC[C@H](C(=O)NC)N(Cc1ccc(Cl)c(Cl)c1)C(=O)COc1ccccc1OC. The molecular weight excluding hydrogens is 415 g/mol. The fourth-order valence-electron chi connectivity index (χ4n) is 2.88. The number of para-hydroxylation sites is 2. The third-order valence-corrected chi connectivity index (χ3v) is 5.13. The lowest BCUT2D eigenvalue weighted by Gasteiger charge is -2.30. The maximum absolute atomic E-state index is 13.0. The van der Waals surface area contributed by atoms with Crippen LogP contribution in [-0.4, -0.2) is 43.5 Å². The van der Waals surface area contributed by atoms with E-state index in [0.29, 0.717) is 28.0 Å². The highest BCUT2D eigenvalue weighted by Gasteiger charge is 2.28. The summed E-state index contributed by atoms with van der Waals surface area (Å²) in [7, 11) is 3.07. The first-order valence-corrected chi connectivity index (χ1v) is 9.87. The lowest BCUT2D eigenvalue weighted by molar-refractivity contribution is -0.142. The average molecular weight is 439 g/mol. The van der Waals surface area contributed by atoms with Crippen LogP contribution in [0, 0.1) is 0 Å². The van der Waals surface area contributed by atoms with Crippen molar-refractivity contribution in [2.75, 3.05) is 20.8 Å². The Bertz CT molecular complexity index is 860. The summed E-state index contributed by atoms with van der Waals surface area (Å²) in [6.07, 6.45) is 0.446. The van der Waals surface area contributed by atoms with E-state index < -0.39 is 6.04 Å². The Morgan fingerprint density at radius 1 is 1.10 bits per heavy atom. The summed E-state index contributed by atoms with van der Waals surface area (Å²) in [5, 5.41) is 3.42. The fraction of sp³-hybridized carbons (Fsp3) is 0.333. The molecule has 29 heavy (non-hydrogen) atoms. The van der Waals surface area contributed by atoms with Crippen LogP contribution in [-0.2, 0) is 16.1 Å². The third kappa shape index (κ3) is 6.02. The minimum absolute atomic E-state index is 0.191. The molecule has 0 radical (unpaired) electrons. The molecule has 2 rings (SSSR count). The minimum atomic E-state index is -0.650. The van der Waals surface area contributed by atoms with Crippen molar-refractivity contribution in [2.45, 2.75) is 25.9 Å². The Balaban J connectivity index is 2.23. The van der Waals surface area contributed by atoms with Crippen molar-refractivity contribution in [1.82, 2.24) is 10.2 Å². The molecule has 0 unspecified atom stereocenters. The highest BCUT2D eigenvalue weighted by atomic mass is 35.5. The largest absolute Gasteiger partial charge is 0.493 e. The van der Waals surface area contributed by atoms with Crippen molar-refractivity contribution in [3.05, 3.63) is 58.1 Å². The second-order valence-electron chi connectivity index (χ2n) is 6.25. The Labute approximate surface area is 180 Å². The lowest BCUT2D eigenvalue weighted by Crippen LogP contribution is -2.49. The number of likely N-dealkylation sites (N-methyl/N-ethyl adjacent to an activating group) is 1. The van der Waals surface area contributed by atoms with Crippen molar-refractivity contribution in [3.8, 4) is 11.5 Å². The Hall–Kier alpha value is -2.44. The van der Waals surface area contributed by atoms with Gasteiger partial charge in [0.15, 0.2) is 18.1 Å². The lowest BCUT2D eigenvalue weighted by atomic mass is 10.1. The first kappa shape index (κ1) is 22.8. The molecule has 0 aromatic heterocycles. The van der Waals surface area contributed by atoms with Gasteiger partial charge in [0.2, 0.25) is 5.91 Å². The van der Waals surface area contributed by atoms with Crippen LogP contribution < -0.4 is 14.8 Å². The summed E-state index contributed by atoms with van der Waals surface area (Å²) < 4.78 is 10.9. The van der Waals surface area contributed by atoms with Crippen molar-refractivity contribution in [3.63, 3.8) is 0 Å². The monoisotopic (exact) mass is 438 g/mol. The summed E-state index contributed by atoms with van der Waals surface area (Å²) in [5.74, 6) is 0.385. The molecule has 2 amide bonds. The first-order chi connectivity index (χ1) is 13.9. The topological polar surface area (TPSA) is 67.9 Å². The van der Waals surface area contributed by atoms with E-state index in [4.69, 9.17) is 32.7 Å². The Kier molecular flexibility index (Phi) is 8.61. The quantitative estimate of drug-likeness (QED) is 0.643. The van der Waals surface area contributed by atoms with Crippen LogP contribution in [0.3, 0.4) is 0 Å². The molecule has 0 saturated heterocycles. The third-order valence-electron chi connectivity index (χ3n) is 4.39. The zero-order valence-electron chi connectivity index (χ0n) is 16.6. The number of carbonyl (C=O) groups excluding carboxylic acids is 2. The highest BCUT2D eigenvalue weighted by Crippen LogP contribution is 2.26. The summed E-state index contributed by atoms with van der Waals surface area (Å²) in [5.41, 5.74) is 0.757. The van der Waals surface area contributed by atoms with Gasteiger partial charge >= 0.3 is 0 Å². The van der Waals surface area contributed by atoms with Gasteiger partial charge in [0.05, 0.1) is 17.2 Å². The molecule has 0 spiro atoms. The second-order valence-corrected chi connectivity index (χ2v) is 7.06. The smallest absolute Gasteiger partial charge is 0.261 e. The Morgan fingerprint density at radius 2 is 1.79 bits per heavy atom. The maximum Gasteiger partial charge on any atom is 0.261 e. The van der Waals surface area contributed by atoms with Gasteiger partial charge in [-0.05, 0) is 36.2 Å². The van der Waals surface area contributed by atoms with E-state index in [-0.39, 0.29) is 25.0 Å². The highest BCUT2D eigenvalue weighted by molar-refractivity contribution is 6.42. The van der Waals surface area contributed by atoms with E-state index in [2.05, 4.69) is 5.32 Å². The second kappa shape index (κ2) is 10.9. The van der Waals surface area contributed by atoms with Gasteiger partial charge in [0.1, 0.15) is 6.04 Å². The van der Waals surface area contributed by atoms with Crippen LogP contribution in [0.4, 0.5) is 0 Å². The van der Waals surface area contributed by atoms with E-state index in [1.54, 1.807) is 36.4 Å². The maximum atomic E-state index is 13.0.